The molecule has 0 aliphatic heterocycles. The SMILES string of the molecule is CCn1c(CN(C)C(=O)c2ccc([N+](=O)[O-])c(C)c2)nc2ccccc21. The predicted molar refractivity (Wildman–Crippen MR) is 99.0 cm³/mol. The molecule has 3 aromatic rings. The maximum absolute atomic E-state index is 12.7. The topological polar surface area (TPSA) is 81.3 Å². The molecule has 0 saturated carbocycles. The lowest BCUT2D eigenvalue weighted by Crippen LogP contribution is -2.27. The van der Waals surface area contributed by atoms with E-state index in [-0.39, 0.29) is 11.6 Å². The molecule has 0 unspecified atom stereocenters. The monoisotopic (exact) mass is 352 g/mol. The van der Waals surface area contributed by atoms with E-state index < -0.39 is 4.92 Å². The summed E-state index contributed by atoms with van der Waals surface area (Å²) in [7, 11) is 1.71. The first-order valence-corrected chi connectivity index (χ1v) is 8.37. The highest BCUT2D eigenvalue weighted by atomic mass is 16.6. The van der Waals surface area contributed by atoms with Crippen LogP contribution in [0.25, 0.3) is 11.0 Å². The van der Waals surface area contributed by atoms with Crippen LogP contribution in [0.3, 0.4) is 0 Å². The smallest absolute Gasteiger partial charge is 0.272 e. The van der Waals surface area contributed by atoms with E-state index in [1.165, 1.54) is 12.1 Å². The van der Waals surface area contributed by atoms with Crippen LogP contribution in [0.2, 0.25) is 0 Å². The Kier molecular flexibility index (Phi) is 4.71. The van der Waals surface area contributed by atoms with E-state index in [1.807, 2.05) is 31.2 Å². The summed E-state index contributed by atoms with van der Waals surface area (Å²) in [6, 6.07) is 12.3. The number of rotatable bonds is 5. The number of nitro groups is 1. The number of aromatic nitrogens is 2. The van der Waals surface area contributed by atoms with Crippen LogP contribution in [0.15, 0.2) is 42.5 Å². The van der Waals surface area contributed by atoms with Gasteiger partial charge in [-0.1, -0.05) is 12.1 Å². The Labute approximate surface area is 151 Å². The number of nitro benzene ring substituents is 1. The van der Waals surface area contributed by atoms with E-state index in [0.29, 0.717) is 17.7 Å². The van der Waals surface area contributed by atoms with Gasteiger partial charge in [0.2, 0.25) is 0 Å². The number of imidazole rings is 1. The van der Waals surface area contributed by atoms with Gasteiger partial charge in [-0.25, -0.2) is 4.98 Å². The number of carbonyl (C=O) groups excluding carboxylic acids is 1. The normalized spacial score (nSPS) is 10.9. The van der Waals surface area contributed by atoms with Gasteiger partial charge in [-0.05, 0) is 38.1 Å². The maximum Gasteiger partial charge on any atom is 0.272 e. The Morgan fingerprint density at radius 1 is 1.27 bits per heavy atom. The molecule has 0 saturated heterocycles. The van der Waals surface area contributed by atoms with Crippen molar-refractivity contribution in [3.63, 3.8) is 0 Å². The lowest BCUT2D eigenvalue weighted by Gasteiger charge is -2.18. The fraction of sp³-hybridized carbons (Fsp3) is 0.263. The number of nitrogens with zero attached hydrogens (tertiary/aromatic N) is 4. The van der Waals surface area contributed by atoms with E-state index in [1.54, 1.807) is 24.9 Å². The summed E-state index contributed by atoms with van der Waals surface area (Å²) in [5, 5.41) is 10.9. The molecule has 3 rings (SSSR count). The molecule has 26 heavy (non-hydrogen) atoms. The van der Waals surface area contributed by atoms with Gasteiger partial charge in [0.1, 0.15) is 5.82 Å². The van der Waals surface area contributed by atoms with Crippen molar-refractivity contribution < 1.29 is 9.72 Å². The highest BCUT2D eigenvalue weighted by Gasteiger charge is 2.19. The molecule has 1 heterocycles. The van der Waals surface area contributed by atoms with Crippen LogP contribution in [0, 0.1) is 17.0 Å². The third-order valence-corrected chi connectivity index (χ3v) is 4.42. The molecule has 7 nitrogen and oxygen atoms in total. The third kappa shape index (κ3) is 3.15. The van der Waals surface area contributed by atoms with Crippen LogP contribution < -0.4 is 0 Å². The third-order valence-electron chi connectivity index (χ3n) is 4.42. The molecule has 0 aliphatic carbocycles. The van der Waals surface area contributed by atoms with Gasteiger partial charge in [0.25, 0.3) is 11.6 Å². The number of benzene rings is 2. The van der Waals surface area contributed by atoms with Crippen molar-refractivity contribution in [3.05, 3.63) is 69.5 Å². The Morgan fingerprint density at radius 2 is 2.00 bits per heavy atom. The minimum absolute atomic E-state index is 0.0111. The fourth-order valence-electron chi connectivity index (χ4n) is 3.10. The van der Waals surface area contributed by atoms with Crippen LogP contribution >= 0.6 is 0 Å². The molecule has 0 fully saturated rings. The van der Waals surface area contributed by atoms with Crippen molar-refractivity contribution in [2.45, 2.75) is 26.9 Å². The second-order valence-electron chi connectivity index (χ2n) is 6.18. The van der Waals surface area contributed by atoms with Crippen molar-refractivity contribution in [2.75, 3.05) is 7.05 Å². The van der Waals surface area contributed by atoms with E-state index in [9.17, 15) is 14.9 Å². The van der Waals surface area contributed by atoms with Crippen molar-refractivity contribution >= 4 is 22.6 Å². The molecule has 2 aromatic carbocycles. The first kappa shape index (κ1) is 17.6. The van der Waals surface area contributed by atoms with Crippen LogP contribution in [0.1, 0.15) is 28.7 Å². The summed E-state index contributed by atoms with van der Waals surface area (Å²) in [5.41, 5.74) is 2.84. The molecule has 0 bridgehead atoms. The van der Waals surface area contributed by atoms with Gasteiger partial charge < -0.3 is 9.47 Å². The minimum atomic E-state index is -0.448. The van der Waals surface area contributed by atoms with Gasteiger partial charge in [0.05, 0.1) is 22.5 Å². The number of carbonyl (C=O) groups is 1. The van der Waals surface area contributed by atoms with E-state index in [2.05, 4.69) is 9.55 Å². The molecule has 1 aromatic heterocycles. The molecule has 1 amide bonds. The van der Waals surface area contributed by atoms with Crippen LogP contribution in [-0.2, 0) is 13.1 Å². The summed E-state index contributed by atoms with van der Waals surface area (Å²) < 4.78 is 2.08. The summed E-state index contributed by atoms with van der Waals surface area (Å²) in [6.45, 7) is 4.79. The molecule has 134 valence electrons. The Morgan fingerprint density at radius 3 is 2.65 bits per heavy atom. The van der Waals surface area contributed by atoms with Crippen LogP contribution in [0.4, 0.5) is 5.69 Å². The molecule has 0 N–H and O–H groups in total. The number of para-hydroxylation sites is 2. The highest BCUT2D eigenvalue weighted by molar-refractivity contribution is 5.94. The minimum Gasteiger partial charge on any atom is -0.334 e. The second-order valence-corrected chi connectivity index (χ2v) is 6.18. The maximum atomic E-state index is 12.7. The van der Waals surface area contributed by atoms with Gasteiger partial charge in [0.15, 0.2) is 0 Å². The zero-order valence-corrected chi connectivity index (χ0v) is 15.0. The molecule has 0 aliphatic rings. The molecular formula is C19H20N4O3. The quantitative estimate of drug-likeness (QED) is 0.519. The largest absolute Gasteiger partial charge is 0.334 e. The van der Waals surface area contributed by atoms with Gasteiger partial charge in [-0.3, -0.25) is 14.9 Å². The zero-order valence-electron chi connectivity index (χ0n) is 15.0. The second kappa shape index (κ2) is 6.95. The van der Waals surface area contributed by atoms with Gasteiger partial charge in [0, 0.05) is 30.8 Å². The summed E-state index contributed by atoms with van der Waals surface area (Å²) in [6.07, 6.45) is 0. The van der Waals surface area contributed by atoms with Crippen molar-refractivity contribution in [2.24, 2.45) is 0 Å². The average Bonchev–Trinajstić information content (AvgIpc) is 2.97. The lowest BCUT2D eigenvalue weighted by atomic mass is 10.1. The van der Waals surface area contributed by atoms with Gasteiger partial charge in [-0.2, -0.15) is 0 Å². The van der Waals surface area contributed by atoms with Crippen LogP contribution in [-0.4, -0.2) is 32.3 Å². The molecule has 0 atom stereocenters. The Balaban J connectivity index is 1.86. The first-order chi connectivity index (χ1) is 12.4. The Hall–Kier alpha value is -3.22. The number of hydrogen-bond acceptors (Lipinski definition) is 4. The first-order valence-electron chi connectivity index (χ1n) is 8.37. The highest BCUT2D eigenvalue weighted by Crippen LogP contribution is 2.21. The molecular weight excluding hydrogens is 332 g/mol. The van der Waals surface area contributed by atoms with Gasteiger partial charge >= 0.3 is 0 Å². The van der Waals surface area contributed by atoms with Crippen molar-refractivity contribution in [1.29, 1.82) is 0 Å². The number of hydrogen-bond donors (Lipinski definition) is 0. The molecule has 0 spiro atoms. The van der Waals surface area contributed by atoms with E-state index in [4.69, 9.17) is 0 Å². The standard InChI is InChI=1S/C19H20N4O3/c1-4-22-17-8-6-5-7-15(17)20-18(22)12-21(3)19(24)14-9-10-16(23(25)26)13(2)11-14/h5-11H,4,12H2,1-3H3. The molecule has 7 heteroatoms. The Bertz CT molecular complexity index is 994. The summed E-state index contributed by atoms with van der Waals surface area (Å²) in [5.74, 6) is 0.612. The van der Waals surface area contributed by atoms with Crippen LogP contribution in [0.5, 0.6) is 0 Å². The summed E-state index contributed by atoms with van der Waals surface area (Å²) in [4.78, 5) is 29.4. The van der Waals surface area contributed by atoms with E-state index in [0.717, 1.165) is 23.4 Å². The fourth-order valence-corrected chi connectivity index (χ4v) is 3.10. The van der Waals surface area contributed by atoms with Gasteiger partial charge in [-0.15, -0.1) is 0 Å². The average molecular weight is 352 g/mol. The van der Waals surface area contributed by atoms with E-state index >= 15 is 0 Å². The number of aryl methyl sites for hydroxylation is 2. The predicted octanol–water partition coefficient (Wildman–Crippen LogP) is 3.55. The lowest BCUT2D eigenvalue weighted by molar-refractivity contribution is -0.385. The zero-order chi connectivity index (χ0) is 18.8. The van der Waals surface area contributed by atoms with Crippen molar-refractivity contribution in [1.82, 2.24) is 14.5 Å². The molecule has 0 radical (unpaired) electrons. The van der Waals surface area contributed by atoms with Crippen molar-refractivity contribution in [3.8, 4) is 0 Å². The summed E-state index contributed by atoms with van der Waals surface area (Å²) >= 11 is 0. The number of amides is 1. The number of fused-ring (bicyclic) bond motifs is 1.